The van der Waals surface area contributed by atoms with Gasteiger partial charge in [-0.25, -0.2) is 4.98 Å². The van der Waals surface area contributed by atoms with Crippen molar-refractivity contribution in [1.29, 1.82) is 0 Å². The monoisotopic (exact) mass is 275 g/mol. The van der Waals surface area contributed by atoms with Gasteiger partial charge < -0.3 is 0 Å². The van der Waals surface area contributed by atoms with Crippen LogP contribution in [-0.2, 0) is 6.42 Å². The molecule has 2 atom stereocenters. The third-order valence-corrected chi connectivity index (χ3v) is 6.47. The molecule has 0 saturated carbocycles. The molecule has 1 saturated heterocycles. The van der Waals surface area contributed by atoms with Crippen molar-refractivity contribution >= 4 is 34.9 Å². The first-order valence-electron chi connectivity index (χ1n) is 5.36. The van der Waals surface area contributed by atoms with E-state index in [-0.39, 0.29) is 0 Å². The highest BCUT2D eigenvalue weighted by Crippen LogP contribution is 2.28. The Labute approximate surface area is 109 Å². The van der Waals surface area contributed by atoms with Crippen LogP contribution in [-0.4, -0.2) is 33.5 Å². The minimum atomic E-state index is 0.350. The number of aryl methyl sites for hydroxylation is 1. The minimum Gasteiger partial charge on any atom is -0.271 e. The van der Waals surface area contributed by atoms with E-state index in [1.54, 1.807) is 11.3 Å². The number of hydrogen-bond donors (Lipinski definition) is 2. The smallest absolute Gasteiger partial charge is 0.0944 e. The van der Waals surface area contributed by atoms with Crippen molar-refractivity contribution in [3.8, 4) is 0 Å². The van der Waals surface area contributed by atoms with Gasteiger partial charge in [-0.15, -0.1) is 11.3 Å². The van der Waals surface area contributed by atoms with Crippen molar-refractivity contribution in [2.24, 2.45) is 5.84 Å². The molecular weight excluding hydrogens is 258 g/mol. The maximum atomic E-state index is 5.66. The van der Waals surface area contributed by atoms with Crippen LogP contribution in [0.1, 0.15) is 10.7 Å². The van der Waals surface area contributed by atoms with Crippen LogP contribution in [0.3, 0.4) is 0 Å². The molecule has 2 unspecified atom stereocenters. The van der Waals surface area contributed by atoms with Gasteiger partial charge in [-0.2, -0.15) is 23.5 Å². The summed E-state index contributed by atoms with van der Waals surface area (Å²) in [4.78, 5) is 4.50. The van der Waals surface area contributed by atoms with E-state index < -0.39 is 0 Å². The normalized spacial score (nSPS) is 23.2. The molecule has 1 aromatic rings. The van der Waals surface area contributed by atoms with Crippen molar-refractivity contribution in [3.05, 3.63) is 16.1 Å². The molecule has 3 N–H and O–H groups in total. The Morgan fingerprint density at radius 2 is 2.50 bits per heavy atom. The summed E-state index contributed by atoms with van der Waals surface area (Å²) in [5.74, 6) is 9.37. The molecular formula is C10H17N3S3. The summed E-state index contributed by atoms with van der Waals surface area (Å²) in [6.45, 7) is 2.04. The fourth-order valence-corrected chi connectivity index (χ4v) is 5.42. The van der Waals surface area contributed by atoms with E-state index in [9.17, 15) is 0 Å². The van der Waals surface area contributed by atoms with Crippen LogP contribution in [0.15, 0.2) is 5.38 Å². The van der Waals surface area contributed by atoms with Gasteiger partial charge in [-0.1, -0.05) is 0 Å². The second-order valence-corrected chi connectivity index (χ2v) is 7.28. The number of hydrazine groups is 1. The molecule has 1 fully saturated rings. The Kier molecular flexibility index (Phi) is 4.97. The predicted octanol–water partition coefficient (Wildman–Crippen LogP) is 1.67. The van der Waals surface area contributed by atoms with Gasteiger partial charge in [0.05, 0.1) is 5.01 Å². The predicted molar refractivity (Wildman–Crippen MR) is 75.2 cm³/mol. The maximum Gasteiger partial charge on any atom is 0.0944 e. The standard InChI is InChI=1S/C10H17N3S3/c1-7-5-16-10(12-7)4-8(13-11)9-6-14-2-3-15-9/h5,8-9,13H,2-4,6,11H2,1H3. The van der Waals surface area contributed by atoms with Crippen LogP contribution in [0.2, 0.25) is 0 Å². The number of hydrogen-bond acceptors (Lipinski definition) is 6. The molecule has 1 aliphatic rings. The Morgan fingerprint density at radius 3 is 3.06 bits per heavy atom. The van der Waals surface area contributed by atoms with Gasteiger partial charge in [0.1, 0.15) is 0 Å². The topological polar surface area (TPSA) is 50.9 Å². The molecule has 0 amide bonds. The van der Waals surface area contributed by atoms with Crippen molar-refractivity contribution in [1.82, 2.24) is 10.4 Å². The zero-order valence-corrected chi connectivity index (χ0v) is 11.8. The van der Waals surface area contributed by atoms with E-state index in [0.29, 0.717) is 11.3 Å². The van der Waals surface area contributed by atoms with Crippen LogP contribution in [0.25, 0.3) is 0 Å². The fourth-order valence-electron chi connectivity index (χ4n) is 1.72. The van der Waals surface area contributed by atoms with Gasteiger partial charge in [0.2, 0.25) is 0 Å². The number of nitrogens with zero attached hydrogens (tertiary/aromatic N) is 1. The van der Waals surface area contributed by atoms with Gasteiger partial charge in [0.15, 0.2) is 0 Å². The molecule has 6 heteroatoms. The lowest BCUT2D eigenvalue weighted by atomic mass is 10.1. The van der Waals surface area contributed by atoms with Gasteiger partial charge >= 0.3 is 0 Å². The molecule has 0 aliphatic carbocycles. The zero-order chi connectivity index (χ0) is 11.4. The average molecular weight is 275 g/mol. The van der Waals surface area contributed by atoms with E-state index in [1.807, 2.05) is 30.4 Å². The highest BCUT2D eigenvalue weighted by molar-refractivity contribution is 8.06. The Hall–Kier alpha value is 0.250. The number of aromatic nitrogens is 1. The van der Waals surface area contributed by atoms with E-state index in [4.69, 9.17) is 5.84 Å². The number of thiazole rings is 1. The highest BCUT2D eigenvalue weighted by atomic mass is 32.2. The minimum absolute atomic E-state index is 0.350. The third-order valence-electron chi connectivity index (χ3n) is 2.57. The largest absolute Gasteiger partial charge is 0.271 e. The Bertz CT molecular complexity index is 323. The molecule has 1 aliphatic heterocycles. The van der Waals surface area contributed by atoms with E-state index in [1.165, 1.54) is 22.3 Å². The molecule has 90 valence electrons. The van der Waals surface area contributed by atoms with Crippen LogP contribution >= 0.6 is 34.9 Å². The first-order valence-corrected chi connectivity index (χ1v) is 8.44. The van der Waals surface area contributed by atoms with Gasteiger partial charge in [-0.05, 0) is 6.92 Å². The summed E-state index contributed by atoms with van der Waals surface area (Å²) in [6.07, 6.45) is 0.952. The average Bonchev–Trinajstić information content (AvgIpc) is 2.73. The highest BCUT2D eigenvalue weighted by Gasteiger charge is 2.24. The first-order chi connectivity index (χ1) is 7.79. The zero-order valence-electron chi connectivity index (χ0n) is 9.31. The third kappa shape index (κ3) is 3.37. The lowest BCUT2D eigenvalue weighted by Crippen LogP contribution is -2.46. The molecule has 3 nitrogen and oxygen atoms in total. The van der Waals surface area contributed by atoms with E-state index in [0.717, 1.165) is 12.1 Å². The molecule has 0 radical (unpaired) electrons. The number of nitrogens with one attached hydrogen (secondary N) is 1. The van der Waals surface area contributed by atoms with Crippen LogP contribution in [0.4, 0.5) is 0 Å². The van der Waals surface area contributed by atoms with Crippen molar-refractivity contribution in [2.45, 2.75) is 24.6 Å². The van der Waals surface area contributed by atoms with Crippen LogP contribution < -0.4 is 11.3 Å². The van der Waals surface area contributed by atoms with Crippen molar-refractivity contribution < 1.29 is 0 Å². The first kappa shape index (κ1) is 12.7. The van der Waals surface area contributed by atoms with E-state index >= 15 is 0 Å². The summed E-state index contributed by atoms with van der Waals surface area (Å²) in [5, 5.41) is 3.91. The quantitative estimate of drug-likeness (QED) is 0.647. The van der Waals surface area contributed by atoms with Crippen LogP contribution in [0.5, 0.6) is 0 Å². The summed E-state index contributed by atoms with van der Waals surface area (Å²) >= 11 is 5.80. The molecule has 2 heterocycles. The number of nitrogens with two attached hydrogens (primary N) is 1. The molecule has 1 aromatic heterocycles. The number of rotatable bonds is 4. The van der Waals surface area contributed by atoms with Crippen molar-refractivity contribution in [3.63, 3.8) is 0 Å². The summed E-state index contributed by atoms with van der Waals surface area (Å²) < 4.78 is 0. The summed E-state index contributed by atoms with van der Waals surface area (Å²) in [6, 6.07) is 0.350. The van der Waals surface area contributed by atoms with Gasteiger partial charge in [0.25, 0.3) is 0 Å². The Balaban J connectivity index is 1.94. The SMILES string of the molecule is Cc1csc(CC(NN)C2CSCCS2)n1. The maximum absolute atomic E-state index is 5.66. The molecule has 0 bridgehead atoms. The lowest BCUT2D eigenvalue weighted by Gasteiger charge is -2.28. The van der Waals surface area contributed by atoms with E-state index in [2.05, 4.69) is 15.8 Å². The molecule has 0 aromatic carbocycles. The molecule has 0 spiro atoms. The summed E-state index contributed by atoms with van der Waals surface area (Å²) in [5.41, 5.74) is 4.07. The fraction of sp³-hybridized carbons (Fsp3) is 0.700. The molecule has 2 rings (SSSR count). The van der Waals surface area contributed by atoms with Gasteiger partial charge in [-0.3, -0.25) is 11.3 Å². The Morgan fingerprint density at radius 1 is 1.62 bits per heavy atom. The van der Waals surface area contributed by atoms with Crippen LogP contribution in [0, 0.1) is 6.92 Å². The van der Waals surface area contributed by atoms with Crippen molar-refractivity contribution in [2.75, 3.05) is 17.3 Å². The second kappa shape index (κ2) is 6.26. The lowest BCUT2D eigenvalue weighted by molar-refractivity contribution is 0.522. The summed E-state index contributed by atoms with van der Waals surface area (Å²) in [7, 11) is 0. The second-order valence-electron chi connectivity index (χ2n) is 3.84. The number of thioether (sulfide) groups is 2. The van der Waals surface area contributed by atoms with Gasteiger partial charge in [0, 0.05) is 46.0 Å². The molecule has 16 heavy (non-hydrogen) atoms.